The predicted octanol–water partition coefficient (Wildman–Crippen LogP) is 2.16. The molecule has 1 aliphatic heterocycles. The summed E-state index contributed by atoms with van der Waals surface area (Å²) in [5.41, 5.74) is 0.368. The van der Waals surface area contributed by atoms with Crippen LogP contribution >= 0.6 is 0 Å². The Bertz CT molecular complexity index is 549. The number of amides is 1. The summed E-state index contributed by atoms with van der Waals surface area (Å²) in [5.74, 6) is -0.205. The van der Waals surface area contributed by atoms with Crippen molar-refractivity contribution in [3.8, 4) is 5.75 Å². The highest BCUT2D eigenvalue weighted by Crippen LogP contribution is 2.25. The minimum Gasteiger partial charge on any atom is -0.494 e. The standard InChI is InChI=1S/C18H25NO5/c1-2-24-15-6-3-14(4-7-15)5-8-16(20)19-18(13-17(21)22)9-11-23-12-10-18/h3-4,6-7H,2,5,8-13H2,1H3,(H,19,20)(H,21,22). The molecule has 0 bridgehead atoms. The second kappa shape index (κ2) is 8.68. The number of hydrogen-bond acceptors (Lipinski definition) is 4. The fourth-order valence-corrected chi connectivity index (χ4v) is 2.93. The maximum absolute atomic E-state index is 12.3. The van der Waals surface area contributed by atoms with Crippen LogP contribution in [-0.4, -0.2) is 42.3 Å². The van der Waals surface area contributed by atoms with Gasteiger partial charge in [0.05, 0.1) is 18.6 Å². The van der Waals surface area contributed by atoms with Gasteiger partial charge in [-0.2, -0.15) is 0 Å². The molecule has 1 aromatic carbocycles. The SMILES string of the molecule is CCOc1ccc(CCC(=O)NC2(CC(=O)O)CCOCC2)cc1. The smallest absolute Gasteiger partial charge is 0.305 e. The minimum absolute atomic E-state index is 0.0643. The molecule has 0 aliphatic carbocycles. The average molecular weight is 335 g/mol. The molecule has 0 spiro atoms. The zero-order valence-electron chi connectivity index (χ0n) is 14.0. The van der Waals surface area contributed by atoms with Crippen molar-refractivity contribution in [2.24, 2.45) is 0 Å². The van der Waals surface area contributed by atoms with E-state index in [0.29, 0.717) is 45.5 Å². The molecular weight excluding hydrogens is 310 g/mol. The van der Waals surface area contributed by atoms with Crippen LogP contribution in [0.15, 0.2) is 24.3 Å². The Balaban J connectivity index is 1.87. The van der Waals surface area contributed by atoms with Gasteiger partial charge in [0, 0.05) is 19.6 Å². The number of carboxylic acid groups (broad SMARTS) is 1. The van der Waals surface area contributed by atoms with Crippen LogP contribution in [0.2, 0.25) is 0 Å². The summed E-state index contributed by atoms with van der Waals surface area (Å²) < 4.78 is 10.7. The van der Waals surface area contributed by atoms with Crippen LogP contribution in [0.5, 0.6) is 5.75 Å². The van der Waals surface area contributed by atoms with Crippen LogP contribution in [-0.2, 0) is 20.7 Å². The van der Waals surface area contributed by atoms with Crippen molar-refractivity contribution in [1.29, 1.82) is 0 Å². The van der Waals surface area contributed by atoms with E-state index < -0.39 is 11.5 Å². The third-order valence-corrected chi connectivity index (χ3v) is 4.22. The molecule has 132 valence electrons. The monoisotopic (exact) mass is 335 g/mol. The van der Waals surface area contributed by atoms with E-state index in [9.17, 15) is 9.59 Å². The van der Waals surface area contributed by atoms with E-state index in [1.54, 1.807) is 0 Å². The van der Waals surface area contributed by atoms with Gasteiger partial charge in [0.1, 0.15) is 5.75 Å². The van der Waals surface area contributed by atoms with E-state index >= 15 is 0 Å². The highest BCUT2D eigenvalue weighted by Gasteiger charge is 2.36. The summed E-state index contributed by atoms with van der Waals surface area (Å²) in [6.45, 7) is 3.51. The average Bonchev–Trinajstić information content (AvgIpc) is 2.54. The highest BCUT2D eigenvalue weighted by atomic mass is 16.5. The van der Waals surface area contributed by atoms with E-state index in [1.807, 2.05) is 31.2 Å². The molecule has 1 saturated heterocycles. The van der Waals surface area contributed by atoms with Crippen LogP contribution in [0.3, 0.4) is 0 Å². The van der Waals surface area contributed by atoms with Crippen molar-refractivity contribution >= 4 is 11.9 Å². The lowest BCUT2D eigenvalue weighted by atomic mass is 9.86. The second-order valence-corrected chi connectivity index (χ2v) is 6.09. The molecule has 6 heteroatoms. The van der Waals surface area contributed by atoms with Gasteiger partial charge in [0.25, 0.3) is 0 Å². The number of carbonyl (C=O) groups excluding carboxylic acids is 1. The first-order valence-electron chi connectivity index (χ1n) is 8.35. The third kappa shape index (κ3) is 5.53. The van der Waals surface area contributed by atoms with Gasteiger partial charge in [0.15, 0.2) is 0 Å². The van der Waals surface area contributed by atoms with E-state index in [0.717, 1.165) is 11.3 Å². The van der Waals surface area contributed by atoms with E-state index in [2.05, 4.69) is 5.32 Å². The van der Waals surface area contributed by atoms with Crippen molar-refractivity contribution < 1.29 is 24.2 Å². The largest absolute Gasteiger partial charge is 0.494 e. The fraction of sp³-hybridized carbons (Fsp3) is 0.556. The second-order valence-electron chi connectivity index (χ2n) is 6.09. The lowest BCUT2D eigenvalue weighted by Gasteiger charge is -2.36. The highest BCUT2D eigenvalue weighted by molar-refractivity contribution is 5.78. The minimum atomic E-state index is -0.899. The summed E-state index contributed by atoms with van der Waals surface area (Å²) in [4.78, 5) is 23.4. The van der Waals surface area contributed by atoms with Crippen molar-refractivity contribution in [2.75, 3.05) is 19.8 Å². The molecule has 0 saturated carbocycles. The van der Waals surface area contributed by atoms with E-state index in [1.165, 1.54) is 0 Å². The molecule has 2 N–H and O–H groups in total. The summed E-state index contributed by atoms with van der Waals surface area (Å²) in [5, 5.41) is 12.1. The lowest BCUT2D eigenvalue weighted by Crippen LogP contribution is -2.53. The quantitative estimate of drug-likeness (QED) is 0.760. The summed E-state index contributed by atoms with van der Waals surface area (Å²) in [6, 6.07) is 7.67. The molecule has 1 aromatic rings. The van der Waals surface area contributed by atoms with Gasteiger partial charge in [-0.1, -0.05) is 12.1 Å². The van der Waals surface area contributed by atoms with E-state index in [-0.39, 0.29) is 12.3 Å². The number of carboxylic acids is 1. The zero-order valence-corrected chi connectivity index (χ0v) is 14.0. The predicted molar refractivity (Wildman–Crippen MR) is 89.1 cm³/mol. The molecule has 0 unspecified atom stereocenters. The van der Waals surface area contributed by atoms with Gasteiger partial charge in [-0.05, 0) is 43.9 Å². The number of hydrogen-bond donors (Lipinski definition) is 2. The Hall–Kier alpha value is -2.08. The number of benzene rings is 1. The molecule has 24 heavy (non-hydrogen) atoms. The molecule has 1 amide bonds. The number of nitrogens with one attached hydrogen (secondary N) is 1. The first kappa shape index (κ1) is 18.3. The Morgan fingerprint density at radius 1 is 1.25 bits per heavy atom. The molecule has 1 aliphatic rings. The Kier molecular flexibility index (Phi) is 6.61. The normalized spacial score (nSPS) is 16.4. The summed E-state index contributed by atoms with van der Waals surface area (Å²) in [7, 11) is 0. The Morgan fingerprint density at radius 2 is 1.92 bits per heavy atom. The first-order valence-corrected chi connectivity index (χ1v) is 8.35. The topological polar surface area (TPSA) is 84.9 Å². The third-order valence-electron chi connectivity index (χ3n) is 4.22. The molecule has 2 rings (SSSR count). The van der Waals surface area contributed by atoms with Crippen molar-refractivity contribution in [3.05, 3.63) is 29.8 Å². The van der Waals surface area contributed by atoms with Crippen LogP contribution in [0.1, 0.15) is 38.2 Å². The Morgan fingerprint density at radius 3 is 2.50 bits per heavy atom. The summed E-state index contributed by atoms with van der Waals surface area (Å²) in [6.07, 6.45) is 1.95. The lowest BCUT2D eigenvalue weighted by molar-refractivity contribution is -0.140. The van der Waals surface area contributed by atoms with E-state index in [4.69, 9.17) is 14.6 Å². The van der Waals surface area contributed by atoms with Gasteiger partial charge in [-0.25, -0.2) is 0 Å². The molecule has 0 atom stereocenters. The van der Waals surface area contributed by atoms with Crippen molar-refractivity contribution in [2.45, 2.75) is 44.6 Å². The summed E-state index contributed by atoms with van der Waals surface area (Å²) >= 11 is 0. The van der Waals surface area contributed by atoms with Crippen molar-refractivity contribution in [3.63, 3.8) is 0 Å². The zero-order chi connectivity index (χ0) is 17.4. The molecule has 0 aromatic heterocycles. The Labute approximate surface area is 142 Å². The van der Waals surface area contributed by atoms with Gasteiger partial charge in [0.2, 0.25) is 5.91 Å². The number of rotatable bonds is 8. The molecule has 0 radical (unpaired) electrons. The maximum Gasteiger partial charge on any atom is 0.305 e. The van der Waals surface area contributed by atoms with Crippen LogP contribution in [0.4, 0.5) is 0 Å². The van der Waals surface area contributed by atoms with Crippen LogP contribution in [0, 0.1) is 0 Å². The molecule has 1 heterocycles. The number of aryl methyl sites for hydroxylation is 1. The van der Waals surface area contributed by atoms with Crippen LogP contribution in [0.25, 0.3) is 0 Å². The van der Waals surface area contributed by atoms with Crippen LogP contribution < -0.4 is 10.1 Å². The van der Waals surface area contributed by atoms with Gasteiger partial charge >= 0.3 is 5.97 Å². The maximum atomic E-state index is 12.3. The van der Waals surface area contributed by atoms with Gasteiger partial charge < -0.3 is 19.9 Å². The van der Waals surface area contributed by atoms with Gasteiger partial charge in [-0.3, -0.25) is 9.59 Å². The molecule has 1 fully saturated rings. The van der Waals surface area contributed by atoms with Gasteiger partial charge in [-0.15, -0.1) is 0 Å². The fourth-order valence-electron chi connectivity index (χ4n) is 2.93. The number of carbonyl (C=O) groups is 2. The molecular formula is C18H25NO5. The molecule has 6 nitrogen and oxygen atoms in total. The number of ether oxygens (including phenoxy) is 2. The van der Waals surface area contributed by atoms with Crippen molar-refractivity contribution in [1.82, 2.24) is 5.32 Å². The first-order chi connectivity index (χ1) is 11.5. The number of aliphatic carboxylic acids is 1.